The standard InChI is InChI=1S/C15H20N2O3/c1-11-5-2-3-6-12(11)14(19)16-13-7-4-8-17(9-10-18)15(13)20/h2-3,5-6,13,18H,4,7-10H2,1H3,(H,16,19). The minimum absolute atomic E-state index is 0.0514. The van der Waals surface area contributed by atoms with E-state index in [2.05, 4.69) is 5.32 Å². The van der Waals surface area contributed by atoms with Gasteiger partial charge in [-0.2, -0.15) is 0 Å². The molecule has 1 aliphatic rings. The predicted octanol–water partition coefficient (Wildman–Crippen LogP) is 0.708. The smallest absolute Gasteiger partial charge is 0.252 e. The molecule has 1 heterocycles. The molecule has 0 spiro atoms. The van der Waals surface area contributed by atoms with Crippen LogP contribution in [-0.2, 0) is 4.79 Å². The lowest BCUT2D eigenvalue weighted by molar-refractivity contribution is -0.136. The molecule has 0 aliphatic carbocycles. The number of carbonyl (C=O) groups is 2. The molecular formula is C15H20N2O3. The number of hydrogen-bond acceptors (Lipinski definition) is 3. The summed E-state index contributed by atoms with van der Waals surface area (Å²) in [4.78, 5) is 26.0. The zero-order valence-corrected chi connectivity index (χ0v) is 11.6. The van der Waals surface area contributed by atoms with Crippen molar-refractivity contribution in [3.8, 4) is 0 Å². The Hall–Kier alpha value is -1.88. The van der Waals surface area contributed by atoms with Gasteiger partial charge in [-0.15, -0.1) is 0 Å². The Morgan fingerprint density at radius 2 is 2.20 bits per heavy atom. The number of likely N-dealkylation sites (tertiary alicyclic amines) is 1. The maximum atomic E-state index is 12.2. The van der Waals surface area contributed by atoms with Crippen LogP contribution in [0.15, 0.2) is 24.3 Å². The molecule has 0 aromatic heterocycles. The largest absolute Gasteiger partial charge is 0.395 e. The van der Waals surface area contributed by atoms with Gasteiger partial charge in [0.2, 0.25) is 5.91 Å². The first-order valence-corrected chi connectivity index (χ1v) is 6.89. The molecule has 1 saturated heterocycles. The molecule has 2 amide bonds. The van der Waals surface area contributed by atoms with Gasteiger partial charge in [0, 0.05) is 18.7 Å². The van der Waals surface area contributed by atoms with E-state index in [4.69, 9.17) is 5.11 Å². The van der Waals surface area contributed by atoms with Crippen LogP contribution in [0.1, 0.15) is 28.8 Å². The van der Waals surface area contributed by atoms with Crippen LogP contribution >= 0.6 is 0 Å². The van der Waals surface area contributed by atoms with Gasteiger partial charge in [-0.05, 0) is 31.4 Å². The van der Waals surface area contributed by atoms with Crippen molar-refractivity contribution >= 4 is 11.8 Å². The van der Waals surface area contributed by atoms with E-state index in [1.54, 1.807) is 11.0 Å². The van der Waals surface area contributed by atoms with Crippen LogP contribution in [0.4, 0.5) is 0 Å². The van der Waals surface area contributed by atoms with Crippen LogP contribution in [0.25, 0.3) is 0 Å². The first-order valence-electron chi connectivity index (χ1n) is 6.89. The molecule has 1 fully saturated rings. The van der Waals surface area contributed by atoms with Gasteiger partial charge in [0.15, 0.2) is 0 Å². The number of carbonyl (C=O) groups excluding carboxylic acids is 2. The Labute approximate surface area is 118 Å². The van der Waals surface area contributed by atoms with E-state index in [-0.39, 0.29) is 18.4 Å². The number of aliphatic hydroxyl groups is 1. The van der Waals surface area contributed by atoms with Crippen LogP contribution in [0, 0.1) is 6.92 Å². The van der Waals surface area contributed by atoms with Crippen molar-refractivity contribution in [2.45, 2.75) is 25.8 Å². The molecule has 1 atom stereocenters. The fraction of sp³-hybridized carbons (Fsp3) is 0.467. The van der Waals surface area contributed by atoms with Gasteiger partial charge in [0.1, 0.15) is 6.04 Å². The van der Waals surface area contributed by atoms with Crippen molar-refractivity contribution in [3.63, 3.8) is 0 Å². The number of nitrogens with zero attached hydrogens (tertiary/aromatic N) is 1. The Bertz CT molecular complexity index is 500. The van der Waals surface area contributed by atoms with E-state index in [1.807, 2.05) is 25.1 Å². The minimum atomic E-state index is -0.484. The molecule has 1 aromatic rings. The van der Waals surface area contributed by atoms with Gasteiger partial charge in [0.05, 0.1) is 6.61 Å². The number of aliphatic hydroxyl groups excluding tert-OH is 1. The van der Waals surface area contributed by atoms with Crippen LogP contribution in [0.2, 0.25) is 0 Å². The summed E-state index contributed by atoms with van der Waals surface area (Å²) in [5.74, 6) is -0.320. The predicted molar refractivity (Wildman–Crippen MR) is 75.3 cm³/mol. The van der Waals surface area contributed by atoms with Crippen molar-refractivity contribution in [2.24, 2.45) is 0 Å². The highest BCUT2D eigenvalue weighted by Crippen LogP contribution is 2.13. The first-order chi connectivity index (χ1) is 9.63. The Balaban J connectivity index is 2.04. The monoisotopic (exact) mass is 276 g/mol. The minimum Gasteiger partial charge on any atom is -0.395 e. The Kier molecular flexibility index (Phi) is 4.74. The summed E-state index contributed by atoms with van der Waals surface area (Å²) in [6.45, 7) is 2.80. The van der Waals surface area contributed by atoms with Gasteiger partial charge >= 0.3 is 0 Å². The number of nitrogens with one attached hydrogen (secondary N) is 1. The van der Waals surface area contributed by atoms with E-state index in [9.17, 15) is 9.59 Å². The molecule has 5 heteroatoms. The maximum absolute atomic E-state index is 12.2. The van der Waals surface area contributed by atoms with E-state index in [0.717, 1.165) is 12.0 Å². The van der Waals surface area contributed by atoms with Crippen molar-refractivity contribution in [1.29, 1.82) is 0 Å². The van der Waals surface area contributed by atoms with Crippen molar-refractivity contribution in [3.05, 3.63) is 35.4 Å². The molecule has 20 heavy (non-hydrogen) atoms. The lowest BCUT2D eigenvalue weighted by Gasteiger charge is -2.32. The van der Waals surface area contributed by atoms with Crippen LogP contribution in [0.5, 0.6) is 0 Å². The normalized spacial score (nSPS) is 19.0. The summed E-state index contributed by atoms with van der Waals surface area (Å²) in [6.07, 6.45) is 1.49. The van der Waals surface area contributed by atoms with E-state index >= 15 is 0 Å². The van der Waals surface area contributed by atoms with Gasteiger partial charge in [-0.1, -0.05) is 18.2 Å². The molecule has 5 nitrogen and oxygen atoms in total. The summed E-state index contributed by atoms with van der Waals surface area (Å²) in [7, 11) is 0. The van der Waals surface area contributed by atoms with Gasteiger partial charge in [-0.25, -0.2) is 0 Å². The highest BCUT2D eigenvalue weighted by atomic mass is 16.3. The number of piperidine rings is 1. The topological polar surface area (TPSA) is 69.6 Å². The maximum Gasteiger partial charge on any atom is 0.252 e. The number of β-amino-alcohol motifs (C(OH)–C–C–N with tert-alkyl or cyclic N) is 1. The molecule has 1 unspecified atom stereocenters. The van der Waals surface area contributed by atoms with E-state index < -0.39 is 6.04 Å². The SMILES string of the molecule is Cc1ccccc1C(=O)NC1CCCN(CCO)C1=O. The quantitative estimate of drug-likeness (QED) is 0.851. The molecule has 2 N–H and O–H groups in total. The van der Waals surface area contributed by atoms with E-state index in [1.165, 1.54) is 0 Å². The van der Waals surface area contributed by atoms with Crippen molar-refractivity contribution in [1.82, 2.24) is 10.2 Å². The lowest BCUT2D eigenvalue weighted by Crippen LogP contribution is -2.52. The zero-order chi connectivity index (χ0) is 14.5. The molecule has 0 saturated carbocycles. The first kappa shape index (κ1) is 14.5. The van der Waals surface area contributed by atoms with Gasteiger partial charge in [-0.3, -0.25) is 9.59 Å². The Morgan fingerprint density at radius 3 is 2.90 bits per heavy atom. The summed E-state index contributed by atoms with van der Waals surface area (Å²) >= 11 is 0. The van der Waals surface area contributed by atoms with E-state index in [0.29, 0.717) is 25.1 Å². The molecular weight excluding hydrogens is 256 g/mol. The number of benzene rings is 1. The zero-order valence-electron chi connectivity index (χ0n) is 11.6. The summed E-state index contributed by atoms with van der Waals surface area (Å²) in [5, 5.41) is 11.7. The van der Waals surface area contributed by atoms with Crippen molar-refractivity contribution < 1.29 is 14.7 Å². The molecule has 1 aromatic carbocycles. The summed E-state index contributed by atoms with van der Waals surface area (Å²) in [6, 6.07) is 6.82. The summed E-state index contributed by atoms with van der Waals surface area (Å²) < 4.78 is 0. The lowest BCUT2D eigenvalue weighted by atomic mass is 10.0. The molecule has 0 radical (unpaired) electrons. The third-order valence-electron chi connectivity index (χ3n) is 3.60. The molecule has 0 bridgehead atoms. The second-order valence-electron chi connectivity index (χ2n) is 5.03. The summed E-state index contributed by atoms with van der Waals surface area (Å²) in [5.41, 5.74) is 1.49. The highest BCUT2D eigenvalue weighted by Gasteiger charge is 2.29. The molecule has 108 valence electrons. The fourth-order valence-electron chi connectivity index (χ4n) is 2.48. The number of aryl methyl sites for hydroxylation is 1. The second kappa shape index (κ2) is 6.52. The fourth-order valence-corrected chi connectivity index (χ4v) is 2.48. The molecule has 2 rings (SSSR count). The van der Waals surface area contributed by atoms with Gasteiger partial charge < -0.3 is 15.3 Å². The number of amides is 2. The highest BCUT2D eigenvalue weighted by molar-refractivity contribution is 5.98. The van der Waals surface area contributed by atoms with Crippen molar-refractivity contribution in [2.75, 3.05) is 19.7 Å². The molecule has 1 aliphatic heterocycles. The number of hydrogen-bond donors (Lipinski definition) is 2. The average molecular weight is 276 g/mol. The van der Waals surface area contributed by atoms with Crippen LogP contribution in [0.3, 0.4) is 0 Å². The number of rotatable bonds is 4. The van der Waals surface area contributed by atoms with Crippen LogP contribution < -0.4 is 5.32 Å². The average Bonchev–Trinajstić information content (AvgIpc) is 2.44. The third-order valence-corrected chi connectivity index (χ3v) is 3.60. The second-order valence-corrected chi connectivity index (χ2v) is 5.03. The van der Waals surface area contributed by atoms with Gasteiger partial charge in [0.25, 0.3) is 5.91 Å². The van der Waals surface area contributed by atoms with Crippen LogP contribution in [-0.4, -0.2) is 47.6 Å². The third kappa shape index (κ3) is 3.17. The Morgan fingerprint density at radius 1 is 1.45 bits per heavy atom.